The average molecular weight is 271 g/mol. The Morgan fingerprint density at radius 3 is 2.50 bits per heavy atom. The topological polar surface area (TPSA) is 99.8 Å². The molecular formula is C13H13N5O2. The second kappa shape index (κ2) is 5.12. The third kappa shape index (κ3) is 2.82. The molecule has 1 aliphatic rings. The number of carbonyl (C=O) groups is 2. The Morgan fingerprint density at radius 2 is 1.90 bits per heavy atom. The van der Waals surface area contributed by atoms with Crippen molar-refractivity contribution < 1.29 is 9.59 Å². The van der Waals surface area contributed by atoms with Gasteiger partial charge in [-0.25, -0.2) is 0 Å². The number of aromatic amines is 1. The number of anilines is 1. The van der Waals surface area contributed by atoms with Crippen LogP contribution in [0.3, 0.4) is 0 Å². The minimum atomic E-state index is -0.353. The molecule has 2 amide bonds. The van der Waals surface area contributed by atoms with Crippen LogP contribution in [0.2, 0.25) is 0 Å². The van der Waals surface area contributed by atoms with Crippen LogP contribution in [0.1, 0.15) is 33.7 Å². The van der Waals surface area contributed by atoms with Crippen molar-refractivity contribution in [3.05, 3.63) is 41.7 Å². The molecule has 0 bridgehead atoms. The number of H-pyrrole nitrogens is 1. The van der Waals surface area contributed by atoms with E-state index in [0.717, 1.165) is 12.8 Å². The van der Waals surface area contributed by atoms with Crippen LogP contribution in [0.25, 0.3) is 0 Å². The zero-order chi connectivity index (χ0) is 13.9. The van der Waals surface area contributed by atoms with Gasteiger partial charge in [-0.3, -0.25) is 9.59 Å². The first kappa shape index (κ1) is 12.3. The summed E-state index contributed by atoms with van der Waals surface area (Å²) in [5, 5.41) is 15.2. The van der Waals surface area contributed by atoms with Crippen molar-refractivity contribution in [2.24, 2.45) is 0 Å². The Morgan fingerprint density at radius 1 is 1.15 bits per heavy atom. The quantitative estimate of drug-likeness (QED) is 0.770. The van der Waals surface area contributed by atoms with Gasteiger partial charge in [0.1, 0.15) is 0 Å². The van der Waals surface area contributed by atoms with Gasteiger partial charge in [-0.15, -0.1) is 0 Å². The summed E-state index contributed by atoms with van der Waals surface area (Å²) < 4.78 is 0. The zero-order valence-electron chi connectivity index (χ0n) is 10.6. The molecule has 0 spiro atoms. The normalized spacial score (nSPS) is 13.8. The Balaban J connectivity index is 1.63. The van der Waals surface area contributed by atoms with Crippen LogP contribution in [-0.2, 0) is 0 Å². The monoisotopic (exact) mass is 271 g/mol. The maximum atomic E-state index is 11.8. The van der Waals surface area contributed by atoms with Crippen LogP contribution < -0.4 is 10.6 Å². The van der Waals surface area contributed by atoms with Crippen LogP contribution in [-0.4, -0.2) is 33.3 Å². The number of nitrogens with one attached hydrogen (secondary N) is 3. The molecule has 1 heterocycles. The van der Waals surface area contributed by atoms with Crippen LogP contribution in [0.4, 0.5) is 5.69 Å². The molecule has 2 aromatic rings. The zero-order valence-corrected chi connectivity index (χ0v) is 10.6. The SMILES string of the molecule is O=C(NC1CC1)c1ccc(NC(=O)c2cn[nH]n2)cc1. The van der Waals surface area contributed by atoms with Crippen molar-refractivity contribution in [3.8, 4) is 0 Å². The lowest BCUT2D eigenvalue weighted by atomic mass is 10.2. The summed E-state index contributed by atoms with van der Waals surface area (Å²) in [5.74, 6) is -0.434. The summed E-state index contributed by atoms with van der Waals surface area (Å²) in [5.41, 5.74) is 1.39. The van der Waals surface area contributed by atoms with E-state index in [1.54, 1.807) is 24.3 Å². The first-order valence-electron chi connectivity index (χ1n) is 6.30. The van der Waals surface area contributed by atoms with Crippen molar-refractivity contribution in [1.29, 1.82) is 0 Å². The van der Waals surface area contributed by atoms with Crippen LogP contribution in [0, 0.1) is 0 Å². The first-order valence-corrected chi connectivity index (χ1v) is 6.30. The molecule has 0 radical (unpaired) electrons. The molecule has 0 atom stereocenters. The standard InChI is InChI=1S/C13H13N5O2/c19-12(15-10-5-6-10)8-1-3-9(4-2-8)16-13(20)11-7-14-18-17-11/h1-4,7,10H,5-6H2,(H,15,19)(H,16,20)(H,14,17,18). The van der Waals surface area contributed by atoms with Gasteiger partial charge in [-0.1, -0.05) is 0 Å². The number of carbonyl (C=O) groups excluding carboxylic acids is 2. The molecule has 102 valence electrons. The number of rotatable bonds is 4. The molecule has 7 nitrogen and oxygen atoms in total. The van der Waals surface area contributed by atoms with E-state index in [-0.39, 0.29) is 17.5 Å². The summed E-state index contributed by atoms with van der Waals surface area (Å²) in [6, 6.07) is 7.04. The Hall–Kier alpha value is -2.70. The van der Waals surface area contributed by atoms with E-state index in [1.165, 1.54) is 6.20 Å². The third-order valence-electron chi connectivity index (χ3n) is 2.97. The molecule has 0 aliphatic heterocycles. The number of hydrogen-bond acceptors (Lipinski definition) is 4. The van der Waals surface area contributed by atoms with Gasteiger partial charge < -0.3 is 10.6 Å². The Kier molecular flexibility index (Phi) is 3.16. The molecule has 7 heteroatoms. The van der Waals surface area contributed by atoms with Gasteiger partial charge in [-0.05, 0) is 37.1 Å². The molecule has 1 saturated carbocycles. The lowest BCUT2D eigenvalue weighted by molar-refractivity contribution is 0.0950. The third-order valence-corrected chi connectivity index (χ3v) is 2.97. The summed E-state index contributed by atoms with van der Waals surface area (Å²) in [6.07, 6.45) is 3.45. The lowest BCUT2D eigenvalue weighted by Crippen LogP contribution is -2.25. The number of amides is 2. The molecule has 1 aliphatic carbocycles. The number of nitrogens with zero attached hydrogens (tertiary/aromatic N) is 2. The maximum Gasteiger partial charge on any atom is 0.277 e. The molecule has 3 N–H and O–H groups in total. The molecule has 1 aromatic heterocycles. The van der Waals surface area contributed by atoms with E-state index in [2.05, 4.69) is 26.0 Å². The summed E-state index contributed by atoms with van der Waals surface area (Å²) in [4.78, 5) is 23.5. The van der Waals surface area contributed by atoms with E-state index in [0.29, 0.717) is 17.3 Å². The van der Waals surface area contributed by atoms with E-state index in [9.17, 15) is 9.59 Å². The molecule has 0 unspecified atom stereocenters. The van der Waals surface area contributed by atoms with Gasteiger partial charge >= 0.3 is 0 Å². The van der Waals surface area contributed by atoms with E-state index >= 15 is 0 Å². The van der Waals surface area contributed by atoms with Gasteiger partial charge in [0.05, 0.1) is 6.20 Å². The highest BCUT2D eigenvalue weighted by Crippen LogP contribution is 2.19. The summed E-state index contributed by atoms with van der Waals surface area (Å²) >= 11 is 0. The van der Waals surface area contributed by atoms with E-state index in [4.69, 9.17) is 0 Å². The molecule has 20 heavy (non-hydrogen) atoms. The molecule has 3 rings (SSSR count). The fourth-order valence-corrected chi connectivity index (χ4v) is 1.71. The van der Waals surface area contributed by atoms with Crippen molar-refractivity contribution >= 4 is 17.5 Å². The second-order valence-corrected chi connectivity index (χ2v) is 4.63. The second-order valence-electron chi connectivity index (χ2n) is 4.63. The van der Waals surface area contributed by atoms with Crippen LogP contribution >= 0.6 is 0 Å². The van der Waals surface area contributed by atoms with Crippen molar-refractivity contribution in [2.45, 2.75) is 18.9 Å². The highest BCUT2D eigenvalue weighted by atomic mass is 16.2. The number of hydrogen-bond donors (Lipinski definition) is 3. The maximum absolute atomic E-state index is 11.8. The van der Waals surface area contributed by atoms with Crippen LogP contribution in [0.15, 0.2) is 30.5 Å². The largest absolute Gasteiger partial charge is 0.349 e. The van der Waals surface area contributed by atoms with Gasteiger partial charge in [0.15, 0.2) is 5.69 Å². The van der Waals surface area contributed by atoms with Crippen molar-refractivity contribution in [1.82, 2.24) is 20.7 Å². The molecule has 0 saturated heterocycles. The fourth-order valence-electron chi connectivity index (χ4n) is 1.71. The first-order chi connectivity index (χ1) is 9.72. The average Bonchev–Trinajstić information content (AvgIpc) is 3.08. The van der Waals surface area contributed by atoms with Crippen molar-refractivity contribution in [2.75, 3.05) is 5.32 Å². The highest BCUT2D eigenvalue weighted by Gasteiger charge is 2.23. The van der Waals surface area contributed by atoms with Gasteiger partial charge in [0, 0.05) is 17.3 Å². The fraction of sp³-hybridized carbons (Fsp3) is 0.231. The van der Waals surface area contributed by atoms with Crippen molar-refractivity contribution in [3.63, 3.8) is 0 Å². The number of aromatic nitrogens is 3. The Bertz CT molecular complexity index is 617. The van der Waals surface area contributed by atoms with Gasteiger partial charge in [0.25, 0.3) is 11.8 Å². The van der Waals surface area contributed by atoms with Gasteiger partial charge in [-0.2, -0.15) is 15.4 Å². The van der Waals surface area contributed by atoms with E-state index in [1.807, 2.05) is 0 Å². The van der Waals surface area contributed by atoms with Gasteiger partial charge in [0.2, 0.25) is 0 Å². The van der Waals surface area contributed by atoms with E-state index < -0.39 is 0 Å². The Labute approximate surface area is 114 Å². The predicted octanol–water partition coefficient (Wildman–Crippen LogP) is 0.949. The predicted molar refractivity (Wildman–Crippen MR) is 71.3 cm³/mol. The molecule has 1 fully saturated rings. The minimum absolute atomic E-state index is 0.0816. The summed E-state index contributed by atoms with van der Waals surface area (Å²) in [7, 11) is 0. The number of benzene rings is 1. The molecular weight excluding hydrogens is 258 g/mol. The summed E-state index contributed by atoms with van der Waals surface area (Å²) in [6.45, 7) is 0. The smallest absolute Gasteiger partial charge is 0.277 e. The molecule has 1 aromatic carbocycles. The minimum Gasteiger partial charge on any atom is -0.349 e. The highest BCUT2D eigenvalue weighted by molar-refractivity contribution is 6.03. The van der Waals surface area contributed by atoms with Crippen LogP contribution in [0.5, 0.6) is 0 Å². The lowest BCUT2D eigenvalue weighted by Gasteiger charge is -2.05.